The first-order valence-corrected chi connectivity index (χ1v) is 9.01. The summed E-state index contributed by atoms with van der Waals surface area (Å²) in [6, 6.07) is 8.26. The molecule has 0 radical (unpaired) electrons. The Morgan fingerprint density at radius 3 is 2.40 bits per heavy atom. The lowest BCUT2D eigenvalue weighted by atomic mass is 10.1. The summed E-state index contributed by atoms with van der Waals surface area (Å²) in [6.45, 7) is 0.274. The molecule has 0 saturated heterocycles. The van der Waals surface area contributed by atoms with Gasteiger partial charge >= 0.3 is 0 Å². The van der Waals surface area contributed by atoms with Gasteiger partial charge < -0.3 is 0 Å². The number of rotatable bonds is 5. The molecule has 0 aliphatic carbocycles. The molecule has 2 aromatic rings. The third-order valence-electron chi connectivity index (χ3n) is 2.50. The van der Waals surface area contributed by atoms with Crippen molar-refractivity contribution in [2.75, 3.05) is 6.54 Å². The monoisotopic (exact) mass is 369 g/mol. The van der Waals surface area contributed by atoms with Gasteiger partial charge in [0.25, 0.3) is 0 Å². The highest BCUT2D eigenvalue weighted by atomic mass is 35.5. The van der Waals surface area contributed by atoms with Crippen molar-refractivity contribution < 1.29 is 8.42 Å². The molecule has 1 N–H and O–H groups in total. The predicted molar refractivity (Wildman–Crippen MR) is 84.7 cm³/mol. The summed E-state index contributed by atoms with van der Waals surface area (Å²) in [7, 11) is -3.50. The molecule has 1 heterocycles. The van der Waals surface area contributed by atoms with E-state index in [9.17, 15) is 8.42 Å². The topological polar surface area (TPSA) is 46.2 Å². The van der Waals surface area contributed by atoms with Gasteiger partial charge in [-0.2, -0.15) is 0 Å². The van der Waals surface area contributed by atoms with Gasteiger partial charge in [-0.05, 0) is 36.2 Å². The van der Waals surface area contributed by atoms with Crippen LogP contribution in [0, 0.1) is 0 Å². The van der Waals surface area contributed by atoms with Crippen LogP contribution in [0.25, 0.3) is 0 Å². The summed E-state index contributed by atoms with van der Waals surface area (Å²) in [6.07, 6.45) is 0.523. The van der Waals surface area contributed by atoms with E-state index in [1.54, 1.807) is 18.2 Å². The molecule has 0 bridgehead atoms. The molecular formula is C12H10Cl3NO2S2. The van der Waals surface area contributed by atoms with Crippen molar-refractivity contribution >= 4 is 56.2 Å². The maximum Gasteiger partial charge on any atom is 0.250 e. The molecule has 2 rings (SSSR count). The fourth-order valence-corrected chi connectivity index (χ4v) is 4.42. The van der Waals surface area contributed by atoms with Crippen LogP contribution in [0.5, 0.6) is 0 Å². The Bertz CT molecular complexity index is 713. The Morgan fingerprint density at radius 1 is 1.05 bits per heavy atom. The summed E-state index contributed by atoms with van der Waals surface area (Å²) < 4.78 is 27.1. The van der Waals surface area contributed by atoms with Crippen LogP contribution >= 0.6 is 46.1 Å². The third kappa shape index (κ3) is 4.10. The van der Waals surface area contributed by atoms with Crippen LogP contribution in [0.15, 0.2) is 34.5 Å². The molecule has 0 saturated carbocycles. The van der Waals surface area contributed by atoms with E-state index in [1.165, 1.54) is 6.07 Å². The Morgan fingerprint density at radius 2 is 1.80 bits per heavy atom. The molecule has 0 unspecified atom stereocenters. The van der Waals surface area contributed by atoms with Crippen LogP contribution in [0.2, 0.25) is 14.4 Å². The smallest absolute Gasteiger partial charge is 0.210 e. The molecule has 1 aromatic heterocycles. The number of sulfonamides is 1. The Balaban J connectivity index is 1.97. The second-order valence-corrected chi connectivity index (χ2v) is 8.48. The summed E-state index contributed by atoms with van der Waals surface area (Å²) in [5.41, 5.74) is 0.909. The Kier molecular flexibility index (Phi) is 5.34. The molecule has 1 aromatic carbocycles. The van der Waals surface area contributed by atoms with Crippen molar-refractivity contribution in [1.82, 2.24) is 4.72 Å². The van der Waals surface area contributed by atoms with Gasteiger partial charge in [0.05, 0.1) is 14.4 Å². The van der Waals surface area contributed by atoms with Gasteiger partial charge in [-0.3, -0.25) is 0 Å². The predicted octanol–water partition coefficient (Wildman–Crippen LogP) is 4.23. The third-order valence-corrected chi connectivity index (χ3v) is 6.43. The van der Waals surface area contributed by atoms with Crippen LogP contribution in [-0.4, -0.2) is 15.0 Å². The number of halogens is 3. The van der Waals surface area contributed by atoms with E-state index in [4.69, 9.17) is 34.8 Å². The molecule has 20 heavy (non-hydrogen) atoms. The van der Waals surface area contributed by atoms with Crippen LogP contribution in [0.4, 0.5) is 0 Å². The molecular weight excluding hydrogens is 361 g/mol. The zero-order chi connectivity index (χ0) is 14.8. The lowest BCUT2D eigenvalue weighted by molar-refractivity contribution is 0.584. The van der Waals surface area contributed by atoms with Crippen LogP contribution in [0.1, 0.15) is 5.56 Å². The summed E-state index contributed by atoms with van der Waals surface area (Å²) in [5, 5.41) is 0.932. The maximum atomic E-state index is 12.0. The minimum atomic E-state index is -3.50. The average molecular weight is 371 g/mol. The standard InChI is InChI=1S/C12H10Cl3NO2S2/c13-9-2-1-8(7-10(9)14)5-6-16-20(17,18)12-4-3-11(15)19-12/h1-4,7,16H,5-6H2. The number of benzene rings is 1. The van der Waals surface area contributed by atoms with E-state index < -0.39 is 10.0 Å². The maximum absolute atomic E-state index is 12.0. The molecule has 0 atom stereocenters. The zero-order valence-corrected chi connectivity index (χ0v) is 14.0. The number of nitrogens with one attached hydrogen (secondary N) is 1. The minimum Gasteiger partial charge on any atom is -0.210 e. The first kappa shape index (κ1) is 16.1. The zero-order valence-electron chi connectivity index (χ0n) is 10.1. The molecule has 0 aliphatic heterocycles. The SMILES string of the molecule is O=S(=O)(NCCc1ccc(Cl)c(Cl)c1)c1ccc(Cl)s1. The second kappa shape index (κ2) is 6.64. The summed E-state index contributed by atoms with van der Waals surface area (Å²) in [4.78, 5) is 0. The average Bonchev–Trinajstić information content (AvgIpc) is 2.81. The van der Waals surface area contributed by atoms with Crippen molar-refractivity contribution in [3.8, 4) is 0 Å². The van der Waals surface area contributed by atoms with E-state index in [2.05, 4.69) is 4.72 Å². The summed E-state index contributed by atoms with van der Waals surface area (Å²) in [5.74, 6) is 0. The van der Waals surface area contributed by atoms with E-state index in [0.717, 1.165) is 16.9 Å². The largest absolute Gasteiger partial charge is 0.250 e. The lowest BCUT2D eigenvalue weighted by Gasteiger charge is -2.06. The normalized spacial score (nSPS) is 11.8. The quantitative estimate of drug-likeness (QED) is 0.856. The minimum absolute atomic E-state index is 0.205. The molecule has 108 valence electrons. The fourth-order valence-electron chi connectivity index (χ4n) is 1.54. The van der Waals surface area contributed by atoms with E-state index in [1.807, 2.05) is 6.07 Å². The van der Waals surface area contributed by atoms with Gasteiger partial charge in [-0.1, -0.05) is 40.9 Å². The van der Waals surface area contributed by atoms with E-state index in [-0.39, 0.29) is 10.8 Å². The van der Waals surface area contributed by atoms with Gasteiger partial charge in [0.2, 0.25) is 10.0 Å². The van der Waals surface area contributed by atoms with Gasteiger partial charge in [-0.15, -0.1) is 11.3 Å². The molecule has 3 nitrogen and oxygen atoms in total. The Labute approximate surface area is 136 Å². The van der Waals surface area contributed by atoms with Gasteiger partial charge in [-0.25, -0.2) is 13.1 Å². The lowest BCUT2D eigenvalue weighted by Crippen LogP contribution is -2.25. The highest BCUT2D eigenvalue weighted by molar-refractivity contribution is 7.91. The molecule has 8 heteroatoms. The highest BCUT2D eigenvalue weighted by Crippen LogP contribution is 2.25. The van der Waals surface area contributed by atoms with Crippen molar-refractivity contribution in [2.24, 2.45) is 0 Å². The number of thiophene rings is 1. The van der Waals surface area contributed by atoms with E-state index in [0.29, 0.717) is 20.8 Å². The first-order valence-electron chi connectivity index (χ1n) is 5.57. The first-order chi connectivity index (χ1) is 9.38. The van der Waals surface area contributed by atoms with Crippen molar-refractivity contribution in [1.29, 1.82) is 0 Å². The van der Waals surface area contributed by atoms with Crippen LogP contribution in [-0.2, 0) is 16.4 Å². The van der Waals surface area contributed by atoms with Crippen molar-refractivity contribution in [3.05, 3.63) is 50.3 Å². The molecule has 0 spiro atoms. The van der Waals surface area contributed by atoms with Crippen LogP contribution < -0.4 is 4.72 Å². The number of hydrogen-bond acceptors (Lipinski definition) is 3. The van der Waals surface area contributed by atoms with Gasteiger partial charge in [0.1, 0.15) is 4.21 Å². The van der Waals surface area contributed by atoms with Crippen molar-refractivity contribution in [3.63, 3.8) is 0 Å². The summed E-state index contributed by atoms with van der Waals surface area (Å²) >= 11 is 18.5. The van der Waals surface area contributed by atoms with Gasteiger partial charge in [0.15, 0.2) is 0 Å². The van der Waals surface area contributed by atoms with Crippen molar-refractivity contribution in [2.45, 2.75) is 10.6 Å². The fraction of sp³-hybridized carbons (Fsp3) is 0.167. The van der Waals surface area contributed by atoms with Crippen LogP contribution in [0.3, 0.4) is 0 Å². The second-order valence-electron chi connectivity index (χ2n) is 3.95. The highest BCUT2D eigenvalue weighted by Gasteiger charge is 2.15. The molecule has 0 fully saturated rings. The Hall–Kier alpha value is -0.300. The molecule has 0 amide bonds. The molecule has 0 aliphatic rings. The van der Waals surface area contributed by atoms with E-state index >= 15 is 0 Å². The number of hydrogen-bond donors (Lipinski definition) is 1. The van der Waals surface area contributed by atoms with Gasteiger partial charge in [0, 0.05) is 6.54 Å².